The van der Waals surface area contributed by atoms with Crippen LogP contribution in [0.3, 0.4) is 0 Å². The fourth-order valence-electron chi connectivity index (χ4n) is 3.82. The van der Waals surface area contributed by atoms with E-state index in [1.165, 1.54) is 30.4 Å². The van der Waals surface area contributed by atoms with Crippen molar-refractivity contribution < 1.29 is 19.4 Å². The molecule has 4 nitrogen and oxygen atoms in total. The van der Waals surface area contributed by atoms with Crippen LogP contribution < -0.4 is 4.74 Å². The van der Waals surface area contributed by atoms with Gasteiger partial charge in [0.05, 0.1) is 5.41 Å². The Balaban J connectivity index is 3.14. The standard InChI is InChI=1S/C31H50O4/c1-10-11-12-13-19-31(8,9)25-20-27(32)26(18-17-24(4)16-14-15-23(2)3)28(21-25)34-22-35-29(33)30(5,6)7/h15,17,20-21,32H,10-14,16,18-19,22H2,1-9H3/b24-17+. The zero-order valence-corrected chi connectivity index (χ0v) is 23.8. The number of allylic oxidation sites excluding steroid dienone is 4. The monoisotopic (exact) mass is 486 g/mol. The predicted octanol–water partition coefficient (Wildman–Crippen LogP) is 8.80. The van der Waals surface area contributed by atoms with Gasteiger partial charge in [-0.1, -0.05) is 69.8 Å². The summed E-state index contributed by atoms with van der Waals surface area (Å²) in [5.74, 6) is 0.497. The number of carbonyl (C=O) groups is 1. The van der Waals surface area contributed by atoms with E-state index in [-0.39, 0.29) is 23.9 Å². The zero-order chi connectivity index (χ0) is 26.6. The van der Waals surface area contributed by atoms with Gasteiger partial charge in [0.2, 0.25) is 6.79 Å². The molecule has 0 radical (unpaired) electrons. The SMILES string of the molecule is CCCCCCC(C)(C)c1cc(O)c(C/C=C(\C)CCC=C(C)C)c(OCOC(=O)C(C)(C)C)c1. The molecule has 1 N–H and O–H groups in total. The number of hydrogen-bond acceptors (Lipinski definition) is 4. The topological polar surface area (TPSA) is 55.8 Å². The number of rotatable bonds is 14. The molecule has 0 saturated carbocycles. The van der Waals surface area contributed by atoms with Crippen molar-refractivity contribution in [2.24, 2.45) is 5.41 Å². The average Bonchev–Trinajstić information content (AvgIpc) is 2.75. The maximum atomic E-state index is 12.2. The van der Waals surface area contributed by atoms with Crippen molar-refractivity contribution in [3.05, 3.63) is 46.6 Å². The van der Waals surface area contributed by atoms with Gasteiger partial charge in [-0.3, -0.25) is 4.79 Å². The number of phenols is 1. The Hall–Kier alpha value is -2.23. The van der Waals surface area contributed by atoms with Gasteiger partial charge in [0, 0.05) is 5.56 Å². The van der Waals surface area contributed by atoms with Gasteiger partial charge in [-0.15, -0.1) is 0 Å². The second kappa shape index (κ2) is 14.4. The molecule has 0 saturated heterocycles. The zero-order valence-electron chi connectivity index (χ0n) is 23.8. The minimum absolute atomic E-state index is 0.0972. The largest absolute Gasteiger partial charge is 0.508 e. The van der Waals surface area contributed by atoms with Crippen molar-refractivity contribution in [1.82, 2.24) is 0 Å². The van der Waals surface area contributed by atoms with Crippen molar-refractivity contribution in [1.29, 1.82) is 0 Å². The highest BCUT2D eigenvalue weighted by molar-refractivity contribution is 5.75. The Morgan fingerprint density at radius 1 is 1.00 bits per heavy atom. The molecule has 0 amide bonds. The third-order valence-electron chi connectivity index (χ3n) is 6.38. The van der Waals surface area contributed by atoms with E-state index in [0.717, 1.165) is 36.8 Å². The third-order valence-corrected chi connectivity index (χ3v) is 6.38. The molecule has 0 aromatic heterocycles. The number of unbranched alkanes of at least 4 members (excludes halogenated alkanes) is 3. The molecule has 198 valence electrons. The van der Waals surface area contributed by atoms with Gasteiger partial charge >= 0.3 is 5.97 Å². The number of aromatic hydroxyl groups is 1. The summed E-state index contributed by atoms with van der Waals surface area (Å²) >= 11 is 0. The van der Waals surface area contributed by atoms with Crippen LogP contribution in [0.5, 0.6) is 11.5 Å². The van der Waals surface area contributed by atoms with Crippen LogP contribution in [0.1, 0.15) is 118 Å². The van der Waals surface area contributed by atoms with Gasteiger partial charge in [-0.25, -0.2) is 0 Å². The number of carbonyl (C=O) groups excluding carboxylic acids is 1. The summed E-state index contributed by atoms with van der Waals surface area (Å²) in [7, 11) is 0. The fourth-order valence-corrected chi connectivity index (χ4v) is 3.82. The molecule has 0 unspecified atom stereocenters. The second-order valence-electron chi connectivity index (χ2n) is 11.7. The molecule has 4 heteroatoms. The summed E-state index contributed by atoms with van der Waals surface area (Å²) in [5.41, 5.74) is 3.67. The molecule has 0 aliphatic rings. The highest BCUT2D eigenvalue weighted by atomic mass is 16.7. The molecule has 1 rings (SSSR count). The van der Waals surface area contributed by atoms with Crippen LogP contribution in [0.4, 0.5) is 0 Å². The summed E-state index contributed by atoms with van der Waals surface area (Å²) in [5, 5.41) is 11.0. The van der Waals surface area contributed by atoms with Crippen LogP contribution in [-0.2, 0) is 21.4 Å². The van der Waals surface area contributed by atoms with Crippen molar-refractivity contribution >= 4 is 5.97 Å². The first-order chi connectivity index (χ1) is 16.3. The van der Waals surface area contributed by atoms with E-state index in [9.17, 15) is 9.90 Å². The number of phenolic OH excluding ortho intramolecular Hbond substituents is 1. The lowest BCUT2D eigenvalue weighted by molar-refractivity contribution is -0.159. The van der Waals surface area contributed by atoms with E-state index >= 15 is 0 Å². The van der Waals surface area contributed by atoms with Crippen LogP contribution in [-0.4, -0.2) is 17.9 Å². The summed E-state index contributed by atoms with van der Waals surface area (Å²) in [4.78, 5) is 12.2. The first-order valence-electron chi connectivity index (χ1n) is 13.2. The molecule has 0 heterocycles. The molecule has 0 atom stereocenters. The normalized spacial score (nSPS) is 12.4. The van der Waals surface area contributed by atoms with E-state index < -0.39 is 5.41 Å². The molecule has 0 bridgehead atoms. The van der Waals surface area contributed by atoms with Gasteiger partial charge in [-0.05, 0) is 90.3 Å². The molecule has 0 fully saturated rings. The summed E-state index contributed by atoms with van der Waals surface area (Å²) in [6, 6.07) is 3.90. The van der Waals surface area contributed by atoms with Crippen LogP contribution in [0.15, 0.2) is 35.4 Å². The van der Waals surface area contributed by atoms with Gasteiger partial charge in [-0.2, -0.15) is 0 Å². The van der Waals surface area contributed by atoms with Crippen molar-refractivity contribution in [3.63, 3.8) is 0 Å². The summed E-state index contributed by atoms with van der Waals surface area (Å²) < 4.78 is 11.3. The summed E-state index contributed by atoms with van der Waals surface area (Å²) in [6.07, 6.45) is 12.8. The highest BCUT2D eigenvalue weighted by Gasteiger charge is 2.25. The Labute approximate surface area is 214 Å². The Bertz CT molecular complexity index is 865. The lowest BCUT2D eigenvalue weighted by Crippen LogP contribution is -2.25. The van der Waals surface area contributed by atoms with E-state index in [2.05, 4.69) is 53.7 Å². The van der Waals surface area contributed by atoms with Crippen molar-refractivity contribution in [3.8, 4) is 11.5 Å². The summed E-state index contributed by atoms with van der Waals surface area (Å²) in [6.45, 7) is 18.3. The van der Waals surface area contributed by atoms with E-state index in [1.807, 2.05) is 32.9 Å². The van der Waals surface area contributed by atoms with Crippen LogP contribution in [0.25, 0.3) is 0 Å². The van der Waals surface area contributed by atoms with Crippen LogP contribution >= 0.6 is 0 Å². The predicted molar refractivity (Wildman–Crippen MR) is 147 cm³/mol. The Kier molecular flexibility index (Phi) is 12.6. The molecule has 0 spiro atoms. The van der Waals surface area contributed by atoms with Gasteiger partial charge in [0.15, 0.2) is 0 Å². The minimum atomic E-state index is -0.595. The van der Waals surface area contributed by atoms with E-state index in [0.29, 0.717) is 12.2 Å². The Morgan fingerprint density at radius 2 is 1.69 bits per heavy atom. The number of benzene rings is 1. The average molecular weight is 487 g/mol. The number of esters is 1. The lowest BCUT2D eigenvalue weighted by Gasteiger charge is -2.27. The van der Waals surface area contributed by atoms with Crippen molar-refractivity contribution in [2.75, 3.05) is 6.79 Å². The molecule has 1 aromatic carbocycles. The van der Waals surface area contributed by atoms with Crippen molar-refractivity contribution in [2.45, 2.75) is 119 Å². The lowest BCUT2D eigenvalue weighted by atomic mass is 9.79. The molecule has 1 aromatic rings. The molecular weight excluding hydrogens is 436 g/mol. The number of hydrogen-bond donors (Lipinski definition) is 1. The first kappa shape index (κ1) is 30.8. The van der Waals surface area contributed by atoms with Gasteiger partial charge in [0.1, 0.15) is 11.5 Å². The fraction of sp³-hybridized carbons (Fsp3) is 0.645. The maximum absolute atomic E-state index is 12.2. The molecule has 35 heavy (non-hydrogen) atoms. The van der Waals surface area contributed by atoms with Gasteiger partial charge in [0.25, 0.3) is 0 Å². The second-order valence-corrected chi connectivity index (χ2v) is 11.7. The quantitative estimate of drug-likeness (QED) is 0.123. The third kappa shape index (κ3) is 11.4. The Morgan fingerprint density at radius 3 is 2.29 bits per heavy atom. The van der Waals surface area contributed by atoms with Gasteiger partial charge < -0.3 is 14.6 Å². The molecular formula is C31H50O4. The first-order valence-corrected chi connectivity index (χ1v) is 13.2. The number of ether oxygens (including phenoxy) is 2. The van der Waals surface area contributed by atoms with Crippen LogP contribution in [0, 0.1) is 5.41 Å². The van der Waals surface area contributed by atoms with E-state index in [4.69, 9.17) is 9.47 Å². The van der Waals surface area contributed by atoms with Crippen LogP contribution in [0.2, 0.25) is 0 Å². The smallest absolute Gasteiger partial charge is 0.314 e. The maximum Gasteiger partial charge on any atom is 0.314 e. The molecule has 0 aliphatic heterocycles. The minimum Gasteiger partial charge on any atom is -0.508 e. The highest BCUT2D eigenvalue weighted by Crippen LogP contribution is 2.38. The van der Waals surface area contributed by atoms with E-state index in [1.54, 1.807) is 0 Å². The molecule has 0 aliphatic carbocycles.